The van der Waals surface area contributed by atoms with Crippen molar-refractivity contribution in [2.24, 2.45) is 0 Å². The van der Waals surface area contributed by atoms with Gasteiger partial charge in [-0.2, -0.15) is 0 Å². The minimum atomic E-state index is -0.702. The van der Waals surface area contributed by atoms with E-state index in [1.165, 1.54) is 18.4 Å². The molecule has 2 amide bonds. The van der Waals surface area contributed by atoms with E-state index in [-0.39, 0.29) is 12.6 Å². The molecule has 0 bridgehead atoms. The first-order valence-electron chi connectivity index (χ1n) is 7.91. The molecule has 138 valence electrons. The molecule has 0 aliphatic carbocycles. The number of amides is 2. The number of carbonyl (C=O) groups excluding carboxylic acids is 3. The molecular formula is C18H20N2O5S. The van der Waals surface area contributed by atoms with E-state index in [1.807, 2.05) is 24.4 Å². The number of carbonyl (C=O) groups is 3. The van der Waals surface area contributed by atoms with Crippen LogP contribution in [-0.2, 0) is 14.3 Å². The predicted molar refractivity (Wildman–Crippen MR) is 97.2 cm³/mol. The van der Waals surface area contributed by atoms with Gasteiger partial charge in [0.2, 0.25) is 0 Å². The van der Waals surface area contributed by atoms with Gasteiger partial charge >= 0.3 is 5.97 Å². The molecule has 2 N–H and O–H groups in total. The summed E-state index contributed by atoms with van der Waals surface area (Å²) in [6, 6.07) is 10.3. The summed E-state index contributed by atoms with van der Waals surface area (Å²) in [5.41, 5.74) is 0.310. The Balaban J connectivity index is 1.73. The quantitative estimate of drug-likeness (QED) is 0.687. The molecule has 7 nitrogen and oxygen atoms in total. The lowest BCUT2D eigenvalue weighted by Gasteiger charge is -2.12. The molecule has 0 aliphatic heterocycles. The van der Waals surface area contributed by atoms with Crippen LogP contribution in [0.15, 0.2) is 41.8 Å². The third-order valence-electron chi connectivity index (χ3n) is 3.46. The maximum absolute atomic E-state index is 12.1. The molecule has 0 saturated heterocycles. The first-order valence-corrected chi connectivity index (χ1v) is 8.79. The van der Waals surface area contributed by atoms with Crippen LogP contribution in [0, 0.1) is 0 Å². The lowest BCUT2D eigenvalue weighted by atomic mass is 10.2. The number of hydrogen-bond donors (Lipinski definition) is 2. The molecule has 1 heterocycles. The van der Waals surface area contributed by atoms with Gasteiger partial charge in [-0.3, -0.25) is 14.4 Å². The van der Waals surface area contributed by atoms with Crippen molar-refractivity contribution >= 4 is 29.1 Å². The van der Waals surface area contributed by atoms with Crippen molar-refractivity contribution in [1.82, 2.24) is 10.6 Å². The van der Waals surface area contributed by atoms with Crippen LogP contribution < -0.4 is 15.4 Å². The Kier molecular flexibility index (Phi) is 7.16. The molecule has 26 heavy (non-hydrogen) atoms. The fourth-order valence-corrected chi connectivity index (χ4v) is 2.90. The van der Waals surface area contributed by atoms with Crippen molar-refractivity contribution in [3.05, 3.63) is 52.2 Å². The van der Waals surface area contributed by atoms with Gasteiger partial charge in [0, 0.05) is 4.88 Å². The highest BCUT2D eigenvalue weighted by atomic mass is 32.1. The number of hydrogen-bond acceptors (Lipinski definition) is 6. The Morgan fingerprint density at radius 1 is 1.15 bits per heavy atom. The van der Waals surface area contributed by atoms with Crippen LogP contribution in [0.3, 0.4) is 0 Å². The Bertz CT molecular complexity index is 761. The molecule has 0 radical (unpaired) electrons. The summed E-state index contributed by atoms with van der Waals surface area (Å²) in [6.45, 7) is 1.10. The van der Waals surface area contributed by atoms with Crippen LogP contribution in [0.2, 0.25) is 0 Å². The van der Waals surface area contributed by atoms with E-state index >= 15 is 0 Å². The zero-order valence-electron chi connectivity index (χ0n) is 14.5. The molecule has 2 aromatic rings. The van der Waals surface area contributed by atoms with E-state index < -0.39 is 24.4 Å². The number of nitrogens with one attached hydrogen (secondary N) is 2. The van der Waals surface area contributed by atoms with Gasteiger partial charge in [0.1, 0.15) is 12.3 Å². The standard InChI is InChI=1S/C18H20N2O5S/c1-12(15-8-5-9-26-15)20-16(21)11-25-17(22)10-19-18(23)13-6-3-4-7-14(13)24-2/h3-9,12H,10-11H2,1-2H3,(H,19,23)(H,20,21)/t12-/m1/s1. The number of methoxy groups -OCH3 is 1. The fraction of sp³-hybridized carbons (Fsp3) is 0.278. The number of benzene rings is 1. The van der Waals surface area contributed by atoms with Gasteiger partial charge in [-0.25, -0.2) is 0 Å². The van der Waals surface area contributed by atoms with Crippen molar-refractivity contribution in [3.63, 3.8) is 0 Å². The predicted octanol–water partition coefficient (Wildman–Crippen LogP) is 1.91. The van der Waals surface area contributed by atoms with E-state index in [0.29, 0.717) is 11.3 Å². The van der Waals surface area contributed by atoms with E-state index in [2.05, 4.69) is 10.6 Å². The van der Waals surface area contributed by atoms with Gasteiger partial charge in [0.15, 0.2) is 6.61 Å². The highest BCUT2D eigenvalue weighted by molar-refractivity contribution is 7.10. The minimum Gasteiger partial charge on any atom is -0.496 e. The van der Waals surface area contributed by atoms with Gasteiger partial charge in [0.05, 0.1) is 18.7 Å². The fourth-order valence-electron chi connectivity index (χ4n) is 2.17. The summed E-state index contributed by atoms with van der Waals surface area (Å²) in [5, 5.41) is 7.09. The van der Waals surface area contributed by atoms with E-state index in [0.717, 1.165) is 4.88 Å². The topological polar surface area (TPSA) is 93.7 Å². The van der Waals surface area contributed by atoms with Crippen LogP contribution in [0.1, 0.15) is 28.2 Å². The smallest absolute Gasteiger partial charge is 0.325 e. The van der Waals surface area contributed by atoms with Crippen LogP contribution in [0.25, 0.3) is 0 Å². The maximum atomic E-state index is 12.1. The minimum absolute atomic E-state index is 0.161. The van der Waals surface area contributed by atoms with Crippen molar-refractivity contribution in [2.75, 3.05) is 20.3 Å². The van der Waals surface area contributed by atoms with Crippen molar-refractivity contribution in [2.45, 2.75) is 13.0 Å². The molecule has 0 spiro atoms. The number of ether oxygens (including phenoxy) is 2. The average molecular weight is 376 g/mol. The first kappa shape index (κ1) is 19.5. The van der Waals surface area contributed by atoms with Crippen LogP contribution >= 0.6 is 11.3 Å². The Morgan fingerprint density at radius 3 is 2.62 bits per heavy atom. The van der Waals surface area contributed by atoms with Gasteiger partial charge in [0.25, 0.3) is 11.8 Å². The second-order valence-corrected chi connectivity index (χ2v) is 6.33. The lowest BCUT2D eigenvalue weighted by molar-refractivity contribution is -0.147. The largest absolute Gasteiger partial charge is 0.496 e. The molecule has 0 saturated carbocycles. The number of thiophene rings is 1. The van der Waals surface area contributed by atoms with Crippen molar-refractivity contribution < 1.29 is 23.9 Å². The highest BCUT2D eigenvalue weighted by Gasteiger charge is 2.15. The summed E-state index contributed by atoms with van der Waals surface area (Å²) in [7, 11) is 1.45. The van der Waals surface area contributed by atoms with Crippen molar-refractivity contribution in [3.8, 4) is 5.75 Å². The molecule has 8 heteroatoms. The van der Waals surface area contributed by atoms with Gasteiger partial charge < -0.3 is 20.1 Å². The van der Waals surface area contributed by atoms with E-state index in [9.17, 15) is 14.4 Å². The molecule has 0 fully saturated rings. The number of esters is 1. The summed E-state index contributed by atoms with van der Waals surface area (Å²) in [4.78, 5) is 36.6. The second-order valence-electron chi connectivity index (χ2n) is 5.35. The molecule has 0 aliphatic rings. The summed E-state index contributed by atoms with van der Waals surface area (Å²) in [5.74, 6) is -1.17. The normalized spacial score (nSPS) is 11.3. The zero-order valence-corrected chi connectivity index (χ0v) is 15.3. The molecule has 2 rings (SSSR count). The summed E-state index contributed by atoms with van der Waals surface area (Å²) < 4.78 is 9.96. The average Bonchev–Trinajstić information content (AvgIpc) is 3.19. The monoisotopic (exact) mass is 376 g/mol. The number of rotatable bonds is 8. The second kappa shape index (κ2) is 9.57. The Labute approximate surface area is 155 Å². The first-order chi connectivity index (χ1) is 12.5. The molecule has 1 aromatic heterocycles. The molecular weight excluding hydrogens is 356 g/mol. The number of para-hydroxylation sites is 1. The van der Waals surface area contributed by atoms with Gasteiger partial charge in [-0.1, -0.05) is 18.2 Å². The van der Waals surface area contributed by atoms with Gasteiger partial charge in [-0.05, 0) is 30.5 Å². The third-order valence-corrected chi connectivity index (χ3v) is 4.51. The third kappa shape index (κ3) is 5.59. The van der Waals surface area contributed by atoms with Crippen LogP contribution in [-0.4, -0.2) is 38.0 Å². The molecule has 0 unspecified atom stereocenters. The molecule has 1 aromatic carbocycles. The van der Waals surface area contributed by atoms with Gasteiger partial charge in [-0.15, -0.1) is 11.3 Å². The van der Waals surface area contributed by atoms with Crippen molar-refractivity contribution in [1.29, 1.82) is 0 Å². The zero-order chi connectivity index (χ0) is 18.9. The van der Waals surface area contributed by atoms with E-state index in [1.54, 1.807) is 24.3 Å². The summed E-state index contributed by atoms with van der Waals surface area (Å²) in [6.07, 6.45) is 0. The van der Waals surface area contributed by atoms with Crippen LogP contribution in [0.5, 0.6) is 5.75 Å². The Morgan fingerprint density at radius 2 is 1.92 bits per heavy atom. The van der Waals surface area contributed by atoms with E-state index in [4.69, 9.17) is 9.47 Å². The summed E-state index contributed by atoms with van der Waals surface area (Å²) >= 11 is 1.53. The lowest BCUT2D eigenvalue weighted by Crippen LogP contribution is -2.34. The maximum Gasteiger partial charge on any atom is 0.325 e. The Hall–Kier alpha value is -2.87. The molecule has 1 atom stereocenters. The van der Waals surface area contributed by atoms with Crippen LogP contribution in [0.4, 0.5) is 0 Å². The highest BCUT2D eigenvalue weighted by Crippen LogP contribution is 2.18. The SMILES string of the molecule is COc1ccccc1C(=O)NCC(=O)OCC(=O)N[C@H](C)c1cccs1.